The molecular weight excluding hydrogens is 326 g/mol. The predicted octanol–water partition coefficient (Wildman–Crippen LogP) is 4.10. The average molecular weight is 350 g/mol. The van der Waals surface area contributed by atoms with Crippen LogP contribution in [-0.4, -0.2) is 29.1 Å². The minimum Gasteiger partial charge on any atom is -0.458 e. The van der Waals surface area contributed by atoms with Gasteiger partial charge in [-0.05, 0) is 61.0 Å². The molecule has 24 heavy (non-hydrogen) atoms. The first-order chi connectivity index (χ1) is 11.5. The normalized spacial score (nSPS) is 28.4. The first kappa shape index (κ1) is 17.2. The quantitative estimate of drug-likeness (QED) is 0.476. The lowest BCUT2D eigenvalue weighted by molar-refractivity contribution is 0.0550. The molecule has 1 spiro atoms. The lowest BCUT2D eigenvalue weighted by Gasteiger charge is -2.29. The molecule has 0 radical (unpaired) electrons. The van der Waals surface area contributed by atoms with Crippen LogP contribution in [0.1, 0.15) is 49.4 Å². The molecule has 5 nitrogen and oxygen atoms in total. The summed E-state index contributed by atoms with van der Waals surface area (Å²) < 4.78 is 5.08. The van der Waals surface area contributed by atoms with Gasteiger partial charge >= 0.3 is 5.97 Å². The zero-order chi connectivity index (χ0) is 17.2. The monoisotopic (exact) mass is 349 g/mol. The highest BCUT2D eigenvalue weighted by molar-refractivity contribution is 6.28. The van der Waals surface area contributed by atoms with Crippen molar-refractivity contribution in [2.45, 2.75) is 39.0 Å². The molecule has 2 saturated carbocycles. The van der Waals surface area contributed by atoms with Gasteiger partial charge in [-0.25, -0.2) is 9.78 Å². The number of esters is 1. The molecule has 0 aliphatic heterocycles. The van der Waals surface area contributed by atoms with E-state index in [4.69, 9.17) is 16.3 Å². The summed E-state index contributed by atoms with van der Waals surface area (Å²) in [6.07, 6.45) is 9.43. The first-order valence-corrected chi connectivity index (χ1v) is 8.96. The van der Waals surface area contributed by atoms with Gasteiger partial charge in [0.1, 0.15) is 18.0 Å². The number of nitrogens with zero attached hydrogens (tertiary/aromatic N) is 2. The molecule has 3 rings (SSSR count). The van der Waals surface area contributed by atoms with Crippen molar-refractivity contribution in [3.8, 4) is 0 Å². The number of carbonyl (C=O) groups is 1. The Labute approximate surface area is 147 Å². The lowest BCUT2D eigenvalue weighted by Crippen LogP contribution is -2.24. The molecule has 1 aromatic rings. The Morgan fingerprint density at radius 1 is 1.54 bits per heavy atom. The summed E-state index contributed by atoms with van der Waals surface area (Å²) in [5.74, 6) is 1.49. The minimum absolute atomic E-state index is 0.118. The van der Waals surface area contributed by atoms with E-state index in [2.05, 4.69) is 28.8 Å². The second-order valence-electron chi connectivity index (χ2n) is 7.08. The Morgan fingerprint density at radius 3 is 2.88 bits per heavy atom. The van der Waals surface area contributed by atoms with Crippen molar-refractivity contribution in [3.63, 3.8) is 0 Å². The van der Waals surface area contributed by atoms with Crippen LogP contribution in [0.3, 0.4) is 0 Å². The van der Waals surface area contributed by atoms with E-state index in [0.717, 1.165) is 12.5 Å². The molecule has 1 N–H and O–H groups in total. The highest BCUT2D eigenvalue weighted by Gasteiger charge is 2.51. The third-order valence-electron chi connectivity index (χ3n) is 5.57. The van der Waals surface area contributed by atoms with Crippen molar-refractivity contribution in [3.05, 3.63) is 29.7 Å². The Hall–Kier alpha value is -1.62. The second-order valence-corrected chi connectivity index (χ2v) is 7.42. The SMILES string of the molecule is C=CCOC(=O)c1cnc(Cl)nc1NCC1CCC2(CC1)CC2C. The fourth-order valence-corrected chi connectivity index (χ4v) is 3.94. The average Bonchev–Trinajstić information content (AvgIpc) is 3.21. The summed E-state index contributed by atoms with van der Waals surface area (Å²) in [5, 5.41) is 3.40. The summed E-state index contributed by atoms with van der Waals surface area (Å²) in [4.78, 5) is 20.1. The Balaban J connectivity index is 1.59. The van der Waals surface area contributed by atoms with Gasteiger partial charge in [0.25, 0.3) is 0 Å². The molecule has 2 aliphatic carbocycles. The molecule has 0 aromatic carbocycles. The maximum atomic E-state index is 12.1. The van der Waals surface area contributed by atoms with E-state index in [1.165, 1.54) is 44.4 Å². The number of hydrogen-bond acceptors (Lipinski definition) is 5. The van der Waals surface area contributed by atoms with E-state index in [9.17, 15) is 4.79 Å². The molecule has 2 aliphatic rings. The zero-order valence-electron chi connectivity index (χ0n) is 14.1. The third-order valence-corrected chi connectivity index (χ3v) is 5.75. The molecule has 6 heteroatoms. The highest BCUT2D eigenvalue weighted by atomic mass is 35.5. The molecule has 0 amide bonds. The van der Waals surface area contributed by atoms with Crippen LogP contribution >= 0.6 is 11.6 Å². The van der Waals surface area contributed by atoms with Crippen LogP contribution in [0.5, 0.6) is 0 Å². The van der Waals surface area contributed by atoms with E-state index in [1.54, 1.807) is 0 Å². The fourth-order valence-electron chi connectivity index (χ4n) is 3.80. The Kier molecular flexibility index (Phi) is 5.09. The molecule has 2 fully saturated rings. The van der Waals surface area contributed by atoms with E-state index in [1.807, 2.05) is 0 Å². The predicted molar refractivity (Wildman–Crippen MR) is 94.2 cm³/mol. The number of rotatable bonds is 6. The summed E-state index contributed by atoms with van der Waals surface area (Å²) in [6.45, 7) is 6.85. The minimum atomic E-state index is -0.469. The van der Waals surface area contributed by atoms with Crippen molar-refractivity contribution in [1.29, 1.82) is 0 Å². The van der Waals surface area contributed by atoms with E-state index >= 15 is 0 Å². The van der Waals surface area contributed by atoms with Crippen LogP contribution in [0.2, 0.25) is 5.28 Å². The van der Waals surface area contributed by atoms with Gasteiger partial charge in [0.05, 0.1) is 0 Å². The van der Waals surface area contributed by atoms with Gasteiger partial charge in [-0.15, -0.1) is 0 Å². The van der Waals surface area contributed by atoms with Gasteiger partial charge in [0, 0.05) is 12.7 Å². The summed E-state index contributed by atoms with van der Waals surface area (Å²) >= 11 is 5.88. The number of anilines is 1. The van der Waals surface area contributed by atoms with Crippen molar-refractivity contribution < 1.29 is 9.53 Å². The van der Waals surface area contributed by atoms with Crippen LogP contribution in [0.4, 0.5) is 5.82 Å². The van der Waals surface area contributed by atoms with E-state index in [0.29, 0.717) is 22.7 Å². The van der Waals surface area contributed by atoms with Crippen molar-refractivity contribution in [2.24, 2.45) is 17.3 Å². The molecule has 0 saturated heterocycles. The van der Waals surface area contributed by atoms with Gasteiger partial charge in [-0.3, -0.25) is 0 Å². The van der Waals surface area contributed by atoms with Gasteiger partial charge in [-0.1, -0.05) is 19.6 Å². The van der Waals surface area contributed by atoms with Crippen molar-refractivity contribution >= 4 is 23.4 Å². The molecule has 1 unspecified atom stereocenters. The highest BCUT2D eigenvalue weighted by Crippen LogP contribution is 2.61. The molecule has 1 heterocycles. The summed E-state index contributed by atoms with van der Waals surface area (Å²) in [5.41, 5.74) is 0.957. The van der Waals surface area contributed by atoms with Crippen LogP contribution in [0, 0.1) is 17.3 Å². The Bertz CT molecular complexity index is 627. The topological polar surface area (TPSA) is 64.1 Å². The zero-order valence-corrected chi connectivity index (χ0v) is 14.8. The maximum absolute atomic E-state index is 12.1. The number of halogens is 1. The molecular formula is C18H24ClN3O2. The fraction of sp³-hybridized carbons (Fsp3) is 0.611. The van der Waals surface area contributed by atoms with E-state index in [-0.39, 0.29) is 11.9 Å². The summed E-state index contributed by atoms with van der Waals surface area (Å²) in [6, 6.07) is 0. The van der Waals surface area contributed by atoms with Gasteiger partial charge in [0.2, 0.25) is 5.28 Å². The lowest BCUT2D eigenvalue weighted by atomic mass is 9.78. The molecule has 130 valence electrons. The number of hydrogen-bond donors (Lipinski definition) is 1. The number of carbonyl (C=O) groups excluding carboxylic acids is 1. The maximum Gasteiger partial charge on any atom is 0.343 e. The molecule has 1 atom stereocenters. The smallest absolute Gasteiger partial charge is 0.343 e. The number of ether oxygens (including phenoxy) is 1. The van der Waals surface area contributed by atoms with Gasteiger partial charge in [0.15, 0.2) is 0 Å². The van der Waals surface area contributed by atoms with Crippen molar-refractivity contribution in [1.82, 2.24) is 9.97 Å². The van der Waals surface area contributed by atoms with Gasteiger partial charge in [-0.2, -0.15) is 4.98 Å². The molecule has 1 aromatic heterocycles. The van der Waals surface area contributed by atoms with E-state index < -0.39 is 5.97 Å². The number of nitrogens with one attached hydrogen (secondary N) is 1. The number of aromatic nitrogens is 2. The van der Waals surface area contributed by atoms with Crippen LogP contribution in [0.15, 0.2) is 18.9 Å². The largest absolute Gasteiger partial charge is 0.458 e. The van der Waals surface area contributed by atoms with Gasteiger partial charge < -0.3 is 10.1 Å². The van der Waals surface area contributed by atoms with Crippen LogP contribution in [0.25, 0.3) is 0 Å². The third kappa shape index (κ3) is 3.72. The standard InChI is InChI=1S/C18H24ClN3O2/c1-3-8-24-16(23)14-11-21-17(19)22-15(14)20-10-13-4-6-18(7-5-13)9-12(18)2/h3,11-13H,1,4-10H2,2H3,(H,20,21,22). The first-order valence-electron chi connectivity index (χ1n) is 8.58. The molecule has 0 bridgehead atoms. The van der Waals surface area contributed by atoms with Crippen LogP contribution in [-0.2, 0) is 4.74 Å². The second kappa shape index (κ2) is 7.09. The summed E-state index contributed by atoms with van der Waals surface area (Å²) in [7, 11) is 0. The van der Waals surface area contributed by atoms with Crippen molar-refractivity contribution in [2.75, 3.05) is 18.5 Å². The Morgan fingerprint density at radius 2 is 2.25 bits per heavy atom. The van der Waals surface area contributed by atoms with Crippen LogP contribution < -0.4 is 5.32 Å².